The molecule has 38 heavy (non-hydrogen) atoms. The van der Waals surface area contributed by atoms with E-state index in [1.807, 2.05) is 0 Å². The van der Waals surface area contributed by atoms with Gasteiger partial charge in [0.1, 0.15) is 11.6 Å². The molecule has 2 atom stereocenters. The van der Waals surface area contributed by atoms with Crippen molar-refractivity contribution >= 4 is 38.9 Å². The third-order valence-corrected chi connectivity index (χ3v) is 8.03. The summed E-state index contributed by atoms with van der Waals surface area (Å²) < 4.78 is 91.9. The number of hydrogen-bond acceptors (Lipinski definition) is 4. The van der Waals surface area contributed by atoms with Gasteiger partial charge in [-0.25, -0.2) is 17.2 Å². The average molecular weight is 573 g/mol. The minimum atomic E-state index is -4.93. The Balaban J connectivity index is 1.89. The molecule has 0 fully saturated rings. The lowest BCUT2D eigenvalue weighted by Crippen LogP contribution is -2.21. The van der Waals surface area contributed by atoms with Crippen molar-refractivity contribution in [2.24, 2.45) is 0 Å². The number of amides is 2. The van der Waals surface area contributed by atoms with E-state index in [9.17, 15) is 40.0 Å². The van der Waals surface area contributed by atoms with Crippen LogP contribution in [-0.2, 0) is 16.0 Å². The fraction of sp³-hybridized carbons (Fsp3) is 0.200. The molecular formula is C25H18ClF5N2O4S. The first kappa shape index (κ1) is 27.5. The van der Waals surface area contributed by atoms with Crippen LogP contribution in [0.25, 0.3) is 0 Å². The van der Waals surface area contributed by atoms with Gasteiger partial charge in [-0.1, -0.05) is 11.6 Å². The van der Waals surface area contributed by atoms with Gasteiger partial charge in [-0.15, -0.1) is 0 Å². The standard InChI is InChI=1S/C25H18ClF5N2O4S/c1-11(38(2,36)37)12-7-18-21(22(33-24(18)35)17-10-15(27)3-4-19(17)26)20(8-12)32-23(34)13-5-14(25(29,30)31)9-16(28)6-13/h3-11,22H,1-2H3,(H,32,34)(H,33,35). The maximum atomic E-state index is 14.0. The van der Waals surface area contributed by atoms with Crippen molar-refractivity contribution in [3.8, 4) is 0 Å². The van der Waals surface area contributed by atoms with Crippen molar-refractivity contribution in [2.75, 3.05) is 11.6 Å². The molecule has 2 unspecified atom stereocenters. The number of halogens is 6. The van der Waals surface area contributed by atoms with Crippen LogP contribution in [0.3, 0.4) is 0 Å². The summed E-state index contributed by atoms with van der Waals surface area (Å²) in [7, 11) is -3.68. The van der Waals surface area contributed by atoms with Crippen LogP contribution in [0.15, 0.2) is 48.5 Å². The zero-order valence-electron chi connectivity index (χ0n) is 19.6. The third kappa shape index (κ3) is 5.37. The third-order valence-electron chi connectivity index (χ3n) is 6.13. The lowest BCUT2D eigenvalue weighted by Gasteiger charge is -2.20. The highest BCUT2D eigenvalue weighted by Gasteiger charge is 2.36. The van der Waals surface area contributed by atoms with Gasteiger partial charge in [0, 0.05) is 39.2 Å². The van der Waals surface area contributed by atoms with E-state index >= 15 is 0 Å². The molecule has 1 heterocycles. The SMILES string of the molecule is CC(c1cc(NC(=O)c2cc(F)cc(C(F)(F)F)c2)c2c(c1)C(=O)NC2c1cc(F)ccc1Cl)S(C)(=O)=O. The van der Waals surface area contributed by atoms with E-state index in [0.717, 1.165) is 18.4 Å². The van der Waals surface area contributed by atoms with Crippen molar-refractivity contribution in [3.05, 3.63) is 98.6 Å². The summed E-state index contributed by atoms with van der Waals surface area (Å²) in [6, 6.07) is 6.11. The van der Waals surface area contributed by atoms with Gasteiger partial charge in [-0.3, -0.25) is 9.59 Å². The minimum absolute atomic E-state index is 0.0612. The molecule has 200 valence electrons. The summed E-state index contributed by atoms with van der Waals surface area (Å²) in [4.78, 5) is 25.9. The predicted octanol–water partition coefficient (Wildman–Crippen LogP) is 5.83. The first-order chi connectivity index (χ1) is 17.6. The van der Waals surface area contributed by atoms with Gasteiger partial charge >= 0.3 is 6.18 Å². The van der Waals surface area contributed by atoms with Crippen LogP contribution in [0.1, 0.15) is 61.2 Å². The Hall–Kier alpha value is -3.51. The Labute approximate surface area is 218 Å². The quantitative estimate of drug-likeness (QED) is 0.377. The molecular weight excluding hydrogens is 555 g/mol. The van der Waals surface area contributed by atoms with E-state index in [1.165, 1.54) is 25.1 Å². The van der Waals surface area contributed by atoms with E-state index in [-0.39, 0.29) is 39.0 Å². The van der Waals surface area contributed by atoms with Gasteiger partial charge in [0.25, 0.3) is 11.8 Å². The molecule has 3 aromatic carbocycles. The van der Waals surface area contributed by atoms with Crippen LogP contribution in [0.2, 0.25) is 5.02 Å². The topological polar surface area (TPSA) is 92.3 Å². The molecule has 2 N–H and O–H groups in total. The predicted molar refractivity (Wildman–Crippen MR) is 130 cm³/mol. The molecule has 4 rings (SSSR count). The van der Waals surface area contributed by atoms with E-state index in [2.05, 4.69) is 10.6 Å². The lowest BCUT2D eigenvalue weighted by molar-refractivity contribution is -0.137. The van der Waals surface area contributed by atoms with E-state index in [4.69, 9.17) is 11.6 Å². The Bertz CT molecular complexity index is 1590. The fourth-order valence-electron chi connectivity index (χ4n) is 4.09. The van der Waals surface area contributed by atoms with Crippen LogP contribution in [-0.4, -0.2) is 26.5 Å². The molecule has 0 saturated heterocycles. The molecule has 6 nitrogen and oxygen atoms in total. The van der Waals surface area contributed by atoms with E-state index in [0.29, 0.717) is 12.1 Å². The van der Waals surface area contributed by atoms with Gasteiger partial charge in [0.2, 0.25) is 0 Å². The number of rotatable bonds is 5. The smallest absolute Gasteiger partial charge is 0.341 e. The molecule has 0 spiro atoms. The molecule has 13 heteroatoms. The number of hydrogen-bond donors (Lipinski definition) is 2. The monoisotopic (exact) mass is 572 g/mol. The van der Waals surface area contributed by atoms with Crippen LogP contribution >= 0.6 is 11.6 Å². The molecule has 0 aromatic heterocycles. The minimum Gasteiger partial charge on any atom is -0.341 e. The summed E-state index contributed by atoms with van der Waals surface area (Å²) in [5, 5.41) is 3.89. The second-order valence-corrected chi connectivity index (χ2v) is 11.5. The number of carbonyl (C=O) groups excluding carboxylic acids is 2. The number of anilines is 1. The second kappa shape index (κ2) is 9.66. The molecule has 0 saturated carbocycles. The fourth-order valence-corrected chi connectivity index (χ4v) is 4.95. The van der Waals surface area contributed by atoms with Crippen molar-refractivity contribution in [3.63, 3.8) is 0 Å². The molecule has 0 aliphatic carbocycles. The maximum Gasteiger partial charge on any atom is 0.416 e. The molecule has 1 aliphatic rings. The van der Waals surface area contributed by atoms with Crippen LogP contribution in [0.4, 0.5) is 27.6 Å². The number of carbonyl (C=O) groups is 2. The normalized spacial score (nSPS) is 16.1. The second-order valence-electron chi connectivity index (χ2n) is 8.75. The number of fused-ring (bicyclic) bond motifs is 1. The zero-order valence-corrected chi connectivity index (χ0v) is 21.2. The molecule has 1 aliphatic heterocycles. The van der Waals surface area contributed by atoms with Crippen molar-refractivity contribution in [2.45, 2.75) is 24.4 Å². The first-order valence-corrected chi connectivity index (χ1v) is 13.2. The zero-order chi connectivity index (χ0) is 28.2. The number of nitrogens with one attached hydrogen (secondary N) is 2. The van der Waals surface area contributed by atoms with Gasteiger partial charge in [0.15, 0.2) is 9.84 Å². The average Bonchev–Trinajstić information content (AvgIpc) is 3.15. The molecule has 2 amide bonds. The van der Waals surface area contributed by atoms with E-state index in [1.54, 1.807) is 0 Å². The highest BCUT2D eigenvalue weighted by atomic mass is 35.5. The van der Waals surface area contributed by atoms with Crippen LogP contribution in [0.5, 0.6) is 0 Å². The first-order valence-electron chi connectivity index (χ1n) is 10.9. The van der Waals surface area contributed by atoms with Crippen molar-refractivity contribution < 1.29 is 40.0 Å². The number of benzene rings is 3. The van der Waals surface area contributed by atoms with Gasteiger partial charge in [-0.2, -0.15) is 13.2 Å². The summed E-state index contributed by atoms with van der Waals surface area (Å²) in [6.07, 6.45) is -3.97. The number of alkyl halides is 3. The van der Waals surface area contributed by atoms with Gasteiger partial charge < -0.3 is 10.6 Å². The Morgan fingerprint density at radius 1 is 1.05 bits per heavy atom. The van der Waals surface area contributed by atoms with Crippen LogP contribution in [0, 0.1) is 11.6 Å². The molecule has 0 bridgehead atoms. The largest absolute Gasteiger partial charge is 0.416 e. The number of sulfone groups is 1. The van der Waals surface area contributed by atoms with Crippen LogP contribution < -0.4 is 10.6 Å². The summed E-state index contributed by atoms with van der Waals surface area (Å²) in [5.41, 5.74) is -2.00. The summed E-state index contributed by atoms with van der Waals surface area (Å²) in [6.45, 7) is 1.35. The Morgan fingerprint density at radius 2 is 1.74 bits per heavy atom. The highest BCUT2D eigenvalue weighted by molar-refractivity contribution is 7.90. The molecule has 3 aromatic rings. The van der Waals surface area contributed by atoms with Gasteiger partial charge in [0.05, 0.1) is 16.9 Å². The lowest BCUT2D eigenvalue weighted by atomic mass is 9.93. The van der Waals surface area contributed by atoms with Crippen molar-refractivity contribution in [1.29, 1.82) is 0 Å². The summed E-state index contributed by atoms with van der Waals surface area (Å²) >= 11 is 6.23. The highest BCUT2D eigenvalue weighted by Crippen LogP contribution is 2.42. The summed E-state index contributed by atoms with van der Waals surface area (Å²) in [5.74, 6) is -3.84. The van der Waals surface area contributed by atoms with E-state index < -0.39 is 61.9 Å². The van der Waals surface area contributed by atoms with Crippen molar-refractivity contribution in [1.82, 2.24) is 5.32 Å². The Morgan fingerprint density at radius 3 is 2.37 bits per heavy atom. The Kier molecular flexibility index (Phi) is 7.00. The van der Waals surface area contributed by atoms with Gasteiger partial charge in [-0.05, 0) is 61.0 Å². The maximum absolute atomic E-state index is 14.0. The molecule has 0 radical (unpaired) electrons.